The fourth-order valence-electron chi connectivity index (χ4n) is 1.69. The van der Waals surface area contributed by atoms with Gasteiger partial charge in [-0.3, -0.25) is 0 Å². The van der Waals surface area contributed by atoms with Crippen LogP contribution in [0.1, 0.15) is 33.1 Å². The summed E-state index contributed by atoms with van der Waals surface area (Å²) in [5.41, 5.74) is 3.93. The Morgan fingerprint density at radius 3 is 2.44 bits per heavy atom. The highest BCUT2D eigenvalue weighted by Gasteiger charge is 2.09. The number of rotatable bonds is 0. The Hall–Kier alpha value is -1.90. The SMILES string of the molecule is C=C1CCCC1=N.CC.c1ccc2[nH]cnc2c1. The Kier molecular flexibility index (Phi) is 5.85. The Labute approximate surface area is 108 Å². The van der Waals surface area contributed by atoms with Crippen molar-refractivity contribution in [2.45, 2.75) is 33.1 Å². The summed E-state index contributed by atoms with van der Waals surface area (Å²) in [7, 11) is 0. The van der Waals surface area contributed by atoms with Crippen LogP contribution in [0.25, 0.3) is 11.0 Å². The Balaban J connectivity index is 0.000000163. The number of aromatic nitrogens is 2. The smallest absolute Gasteiger partial charge is 0.0931 e. The third-order valence-electron chi connectivity index (χ3n) is 2.66. The molecule has 1 heterocycles. The van der Waals surface area contributed by atoms with Gasteiger partial charge in [-0.05, 0) is 37.0 Å². The number of fused-ring (bicyclic) bond motifs is 1. The molecule has 3 heteroatoms. The van der Waals surface area contributed by atoms with Crippen molar-refractivity contribution in [1.29, 1.82) is 5.41 Å². The molecule has 1 aliphatic rings. The average Bonchev–Trinajstić information content (AvgIpc) is 3.02. The van der Waals surface area contributed by atoms with Gasteiger partial charge in [0.15, 0.2) is 0 Å². The summed E-state index contributed by atoms with van der Waals surface area (Å²) < 4.78 is 0. The molecular weight excluding hydrogens is 222 g/mol. The van der Waals surface area contributed by atoms with Gasteiger partial charge in [0, 0.05) is 5.71 Å². The van der Waals surface area contributed by atoms with E-state index < -0.39 is 0 Å². The number of para-hydroxylation sites is 2. The summed E-state index contributed by atoms with van der Waals surface area (Å²) in [4.78, 5) is 7.07. The van der Waals surface area contributed by atoms with Gasteiger partial charge in [0.05, 0.1) is 17.4 Å². The van der Waals surface area contributed by atoms with Crippen LogP contribution in [0.3, 0.4) is 0 Å². The lowest BCUT2D eigenvalue weighted by Gasteiger charge is -1.85. The number of nitrogens with zero attached hydrogens (tertiary/aromatic N) is 1. The van der Waals surface area contributed by atoms with E-state index in [0.29, 0.717) is 0 Å². The number of nitrogens with one attached hydrogen (secondary N) is 2. The molecule has 3 nitrogen and oxygen atoms in total. The quantitative estimate of drug-likeness (QED) is 0.710. The summed E-state index contributed by atoms with van der Waals surface area (Å²) in [6.07, 6.45) is 4.86. The minimum Gasteiger partial charge on any atom is -0.345 e. The molecule has 96 valence electrons. The summed E-state index contributed by atoms with van der Waals surface area (Å²) >= 11 is 0. The average molecular weight is 243 g/mol. The molecule has 0 saturated heterocycles. The number of imidazole rings is 1. The molecule has 0 bridgehead atoms. The standard InChI is InChI=1S/C7H6N2.C6H9N.C2H6/c1-2-4-7-6(3-1)8-5-9-7;1-5-3-2-4-6(5)7;1-2/h1-5H,(H,8,9);7H,1-4H2;1-2H3. The van der Waals surface area contributed by atoms with Crippen molar-refractivity contribution >= 4 is 16.7 Å². The molecule has 0 radical (unpaired) electrons. The largest absolute Gasteiger partial charge is 0.345 e. The van der Waals surface area contributed by atoms with E-state index in [1.807, 2.05) is 38.1 Å². The maximum atomic E-state index is 7.16. The van der Waals surface area contributed by atoms with Crippen molar-refractivity contribution < 1.29 is 0 Å². The van der Waals surface area contributed by atoms with E-state index in [1.54, 1.807) is 6.33 Å². The second kappa shape index (κ2) is 7.43. The van der Waals surface area contributed by atoms with Crippen LogP contribution >= 0.6 is 0 Å². The second-order valence-electron chi connectivity index (χ2n) is 3.86. The lowest BCUT2D eigenvalue weighted by Crippen LogP contribution is -1.85. The third-order valence-corrected chi connectivity index (χ3v) is 2.66. The predicted molar refractivity (Wildman–Crippen MR) is 78.2 cm³/mol. The lowest BCUT2D eigenvalue weighted by atomic mass is 10.2. The molecule has 0 unspecified atom stereocenters. The Morgan fingerprint density at radius 1 is 1.22 bits per heavy atom. The van der Waals surface area contributed by atoms with Gasteiger partial charge in [-0.25, -0.2) is 4.98 Å². The normalized spacial score (nSPS) is 13.7. The monoisotopic (exact) mass is 243 g/mol. The highest BCUT2D eigenvalue weighted by atomic mass is 14.9. The number of H-pyrrole nitrogens is 1. The molecule has 1 fully saturated rings. The molecule has 1 aromatic carbocycles. The van der Waals surface area contributed by atoms with Crippen molar-refractivity contribution in [2.24, 2.45) is 0 Å². The van der Waals surface area contributed by atoms with E-state index in [1.165, 1.54) is 0 Å². The molecule has 1 aromatic heterocycles. The van der Waals surface area contributed by atoms with Crippen molar-refractivity contribution in [3.63, 3.8) is 0 Å². The number of allylic oxidation sites excluding steroid dienone is 1. The first kappa shape index (κ1) is 14.2. The van der Waals surface area contributed by atoms with Crippen LogP contribution in [0.4, 0.5) is 0 Å². The van der Waals surface area contributed by atoms with Gasteiger partial charge in [0.1, 0.15) is 0 Å². The minimum atomic E-state index is 0.764. The minimum absolute atomic E-state index is 0.764. The zero-order chi connectivity index (χ0) is 13.4. The van der Waals surface area contributed by atoms with Crippen molar-refractivity contribution in [1.82, 2.24) is 9.97 Å². The molecule has 2 N–H and O–H groups in total. The first-order valence-electron chi connectivity index (χ1n) is 6.41. The lowest BCUT2D eigenvalue weighted by molar-refractivity contribution is 0.947. The number of aromatic amines is 1. The number of hydrogen-bond donors (Lipinski definition) is 2. The highest BCUT2D eigenvalue weighted by molar-refractivity contribution is 5.98. The van der Waals surface area contributed by atoms with E-state index in [-0.39, 0.29) is 0 Å². The van der Waals surface area contributed by atoms with Gasteiger partial charge in [0.25, 0.3) is 0 Å². The molecular formula is C15H21N3. The first-order valence-corrected chi connectivity index (χ1v) is 6.41. The summed E-state index contributed by atoms with van der Waals surface area (Å²) in [5, 5.41) is 7.16. The summed E-state index contributed by atoms with van der Waals surface area (Å²) in [6, 6.07) is 7.94. The number of benzene rings is 1. The molecule has 3 rings (SSSR count). The van der Waals surface area contributed by atoms with Crippen LogP contribution in [-0.4, -0.2) is 15.7 Å². The van der Waals surface area contributed by atoms with Gasteiger partial charge in [-0.2, -0.15) is 0 Å². The van der Waals surface area contributed by atoms with Crippen LogP contribution in [0, 0.1) is 5.41 Å². The van der Waals surface area contributed by atoms with E-state index >= 15 is 0 Å². The van der Waals surface area contributed by atoms with E-state index in [4.69, 9.17) is 5.41 Å². The zero-order valence-electron chi connectivity index (χ0n) is 11.2. The maximum absolute atomic E-state index is 7.16. The van der Waals surface area contributed by atoms with Gasteiger partial charge in [-0.15, -0.1) is 0 Å². The molecule has 18 heavy (non-hydrogen) atoms. The fourth-order valence-corrected chi connectivity index (χ4v) is 1.69. The maximum Gasteiger partial charge on any atom is 0.0931 e. The highest BCUT2D eigenvalue weighted by Crippen LogP contribution is 2.17. The van der Waals surface area contributed by atoms with Gasteiger partial charge in [0.2, 0.25) is 0 Å². The zero-order valence-corrected chi connectivity index (χ0v) is 11.2. The van der Waals surface area contributed by atoms with E-state index in [0.717, 1.165) is 41.6 Å². The van der Waals surface area contributed by atoms with Crippen LogP contribution in [0.2, 0.25) is 0 Å². The van der Waals surface area contributed by atoms with Crippen molar-refractivity contribution in [3.8, 4) is 0 Å². The van der Waals surface area contributed by atoms with Crippen LogP contribution in [-0.2, 0) is 0 Å². The summed E-state index contributed by atoms with van der Waals surface area (Å²) in [6.45, 7) is 7.71. The van der Waals surface area contributed by atoms with Gasteiger partial charge < -0.3 is 10.4 Å². The fraction of sp³-hybridized carbons (Fsp3) is 0.333. The Morgan fingerprint density at radius 2 is 1.94 bits per heavy atom. The predicted octanol–water partition coefficient (Wildman–Crippen LogP) is 4.34. The summed E-state index contributed by atoms with van der Waals surface area (Å²) in [5.74, 6) is 0. The molecule has 1 aliphatic carbocycles. The van der Waals surface area contributed by atoms with Crippen molar-refractivity contribution in [2.75, 3.05) is 0 Å². The second-order valence-corrected chi connectivity index (χ2v) is 3.86. The van der Waals surface area contributed by atoms with Gasteiger partial charge >= 0.3 is 0 Å². The molecule has 2 aromatic rings. The Bertz CT molecular complexity index is 467. The first-order chi connectivity index (χ1) is 8.77. The molecule has 1 saturated carbocycles. The van der Waals surface area contributed by atoms with Crippen LogP contribution < -0.4 is 0 Å². The third kappa shape index (κ3) is 3.84. The van der Waals surface area contributed by atoms with E-state index in [9.17, 15) is 0 Å². The van der Waals surface area contributed by atoms with Gasteiger partial charge in [-0.1, -0.05) is 32.6 Å². The molecule has 0 amide bonds. The number of hydrogen-bond acceptors (Lipinski definition) is 2. The van der Waals surface area contributed by atoms with Crippen LogP contribution in [0.15, 0.2) is 42.7 Å². The molecule has 0 aliphatic heterocycles. The molecule has 0 spiro atoms. The van der Waals surface area contributed by atoms with E-state index in [2.05, 4.69) is 16.5 Å². The topological polar surface area (TPSA) is 52.5 Å². The molecule has 0 atom stereocenters. The van der Waals surface area contributed by atoms with Crippen molar-refractivity contribution in [3.05, 3.63) is 42.7 Å². The van der Waals surface area contributed by atoms with Crippen LogP contribution in [0.5, 0.6) is 0 Å².